The molecule has 4 rings (SSSR count). The highest BCUT2D eigenvalue weighted by molar-refractivity contribution is 5.82. The molecule has 1 aliphatic heterocycles. The number of hydrogen-bond acceptors (Lipinski definition) is 7. The van der Waals surface area contributed by atoms with Crippen molar-refractivity contribution in [2.45, 2.75) is 13.1 Å². The lowest BCUT2D eigenvalue weighted by Crippen LogP contribution is -2.47. The summed E-state index contributed by atoms with van der Waals surface area (Å²) in [6.07, 6.45) is -1.48. The van der Waals surface area contributed by atoms with Gasteiger partial charge in [-0.3, -0.25) is 0 Å². The lowest BCUT2D eigenvalue weighted by atomic mass is 10.2. The molecule has 0 spiro atoms. The SMILES string of the molecule is Cc1nc(N2CCN(c3ncnc4nc[nH]c34)CC2)cc(C(F)(F)F)n1. The molecule has 0 saturated carbocycles. The van der Waals surface area contributed by atoms with Crippen molar-refractivity contribution in [3.8, 4) is 0 Å². The van der Waals surface area contributed by atoms with Crippen LogP contribution in [0, 0.1) is 6.92 Å². The zero-order valence-electron chi connectivity index (χ0n) is 13.8. The summed E-state index contributed by atoms with van der Waals surface area (Å²) in [5.74, 6) is 1.13. The summed E-state index contributed by atoms with van der Waals surface area (Å²) in [4.78, 5) is 27.1. The van der Waals surface area contributed by atoms with E-state index in [0.717, 1.165) is 17.4 Å². The van der Waals surface area contributed by atoms with Crippen LogP contribution in [0.2, 0.25) is 0 Å². The quantitative estimate of drug-likeness (QED) is 0.742. The molecule has 0 amide bonds. The molecule has 1 saturated heterocycles. The molecule has 1 N–H and O–H groups in total. The molecule has 11 heteroatoms. The lowest BCUT2D eigenvalue weighted by molar-refractivity contribution is -0.141. The Labute approximate surface area is 146 Å². The maximum atomic E-state index is 13.0. The number of nitrogens with one attached hydrogen (secondary N) is 1. The first kappa shape index (κ1) is 16.5. The zero-order chi connectivity index (χ0) is 18.3. The second-order valence-electron chi connectivity index (χ2n) is 5.93. The number of anilines is 2. The molecule has 136 valence electrons. The molecule has 0 bridgehead atoms. The van der Waals surface area contributed by atoms with Gasteiger partial charge in [0, 0.05) is 32.2 Å². The Morgan fingerprint density at radius 3 is 2.46 bits per heavy atom. The van der Waals surface area contributed by atoms with Crippen molar-refractivity contribution >= 4 is 22.8 Å². The fourth-order valence-electron chi connectivity index (χ4n) is 3.00. The summed E-state index contributed by atoms with van der Waals surface area (Å²) < 4.78 is 38.9. The van der Waals surface area contributed by atoms with E-state index in [0.29, 0.717) is 37.6 Å². The van der Waals surface area contributed by atoms with Crippen LogP contribution in [0.15, 0.2) is 18.7 Å². The maximum absolute atomic E-state index is 13.0. The molecule has 3 aromatic rings. The number of hydrogen-bond donors (Lipinski definition) is 1. The highest BCUT2D eigenvalue weighted by Crippen LogP contribution is 2.30. The molecular formula is C15H15F3N8. The number of alkyl halides is 3. The van der Waals surface area contributed by atoms with Crippen LogP contribution in [0.5, 0.6) is 0 Å². The van der Waals surface area contributed by atoms with E-state index in [1.807, 2.05) is 4.90 Å². The van der Waals surface area contributed by atoms with Crippen LogP contribution >= 0.6 is 0 Å². The number of halogens is 3. The molecule has 0 aliphatic carbocycles. The van der Waals surface area contributed by atoms with Gasteiger partial charge in [-0.1, -0.05) is 0 Å². The van der Waals surface area contributed by atoms with Gasteiger partial charge in [0.05, 0.1) is 6.33 Å². The molecule has 0 unspecified atom stereocenters. The Hall–Kier alpha value is -2.98. The van der Waals surface area contributed by atoms with Gasteiger partial charge >= 0.3 is 6.18 Å². The number of imidazole rings is 1. The fourth-order valence-corrected chi connectivity index (χ4v) is 3.00. The summed E-state index contributed by atoms with van der Waals surface area (Å²) in [5, 5.41) is 0. The Kier molecular flexibility index (Phi) is 3.85. The third-order valence-electron chi connectivity index (χ3n) is 4.22. The van der Waals surface area contributed by atoms with Gasteiger partial charge in [0.2, 0.25) is 0 Å². The molecular weight excluding hydrogens is 349 g/mol. The summed E-state index contributed by atoms with van der Waals surface area (Å²) in [6.45, 7) is 3.69. The molecule has 1 aliphatic rings. The third-order valence-corrected chi connectivity index (χ3v) is 4.22. The Bertz CT molecular complexity index is 930. The number of H-pyrrole nitrogens is 1. The van der Waals surface area contributed by atoms with Crippen molar-refractivity contribution in [2.24, 2.45) is 0 Å². The van der Waals surface area contributed by atoms with Crippen molar-refractivity contribution in [1.29, 1.82) is 0 Å². The number of aromatic nitrogens is 6. The summed E-state index contributed by atoms with van der Waals surface area (Å²) in [7, 11) is 0. The van der Waals surface area contributed by atoms with Crippen molar-refractivity contribution < 1.29 is 13.2 Å². The number of aryl methyl sites for hydroxylation is 1. The van der Waals surface area contributed by atoms with Crippen LogP contribution in [0.25, 0.3) is 11.2 Å². The van der Waals surface area contributed by atoms with E-state index in [2.05, 4.69) is 34.8 Å². The highest BCUT2D eigenvalue weighted by atomic mass is 19.4. The van der Waals surface area contributed by atoms with E-state index in [1.165, 1.54) is 13.3 Å². The van der Waals surface area contributed by atoms with Crippen molar-refractivity contribution in [2.75, 3.05) is 36.0 Å². The van der Waals surface area contributed by atoms with E-state index in [1.54, 1.807) is 6.33 Å². The predicted octanol–water partition coefficient (Wildman–Crippen LogP) is 1.80. The smallest absolute Gasteiger partial charge is 0.353 e. The largest absolute Gasteiger partial charge is 0.433 e. The van der Waals surface area contributed by atoms with E-state index < -0.39 is 11.9 Å². The number of aromatic amines is 1. The van der Waals surface area contributed by atoms with Crippen LogP contribution in [0.4, 0.5) is 24.8 Å². The minimum absolute atomic E-state index is 0.104. The van der Waals surface area contributed by atoms with E-state index >= 15 is 0 Å². The Morgan fingerprint density at radius 1 is 1.00 bits per heavy atom. The van der Waals surface area contributed by atoms with Gasteiger partial charge in [-0.2, -0.15) is 13.2 Å². The number of rotatable bonds is 2. The van der Waals surface area contributed by atoms with Crippen LogP contribution < -0.4 is 9.80 Å². The van der Waals surface area contributed by atoms with E-state index in [-0.39, 0.29) is 5.82 Å². The van der Waals surface area contributed by atoms with E-state index in [9.17, 15) is 13.2 Å². The Morgan fingerprint density at radius 2 is 1.73 bits per heavy atom. The van der Waals surface area contributed by atoms with Gasteiger partial charge < -0.3 is 14.8 Å². The lowest BCUT2D eigenvalue weighted by Gasteiger charge is -2.36. The first-order valence-electron chi connectivity index (χ1n) is 7.98. The van der Waals surface area contributed by atoms with Gasteiger partial charge in [0.25, 0.3) is 0 Å². The summed E-state index contributed by atoms with van der Waals surface area (Å²) in [6, 6.07) is 1.00. The summed E-state index contributed by atoms with van der Waals surface area (Å²) in [5.41, 5.74) is 0.411. The van der Waals surface area contributed by atoms with Gasteiger partial charge in [-0.05, 0) is 6.92 Å². The average molecular weight is 364 g/mol. The zero-order valence-corrected chi connectivity index (χ0v) is 13.8. The van der Waals surface area contributed by atoms with Crippen molar-refractivity contribution in [1.82, 2.24) is 29.9 Å². The fraction of sp³-hybridized carbons (Fsp3) is 0.400. The molecule has 3 aromatic heterocycles. The number of nitrogens with zero attached hydrogens (tertiary/aromatic N) is 7. The second-order valence-corrected chi connectivity index (χ2v) is 5.93. The molecule has 0 radical (unpaired) electrons. The van der Waals surface area contributed by atoms with Crippen LogP contribution in [-0.4, -0.2) is 56.1 Å². The molecule has 1 fully saturated rings. The van der Waals surface area contributed by atoms with Gasteiger partial charge in [-0.15, -0.1) is 0 Å². The Balaban J connectivity index is 1.54. The standard InChI is InChI=1S/C15H15F3N8/c1-9-23-10(15(16,17)18)6-11(24-9)25-2-4-26(5-3-25)14-12-13(20-7-19-12)21-8-22-14/h6-8H,2-5H2,1H3,(H,19,20,21,22). The minimum Gasteiger partial charge on any atom is -0.353 e. The van der Waals surface area contributed by atoms with Crippen LogP contribution in [0.1, 0.15) is 11.5 Å². The van der Waals surface area contributed by atoms with Crippen LogP contribution in [-0.2, 0) is 6.18 Å². The first-order valence-corrected chi connectivity index (χ1v) is 7.98. The molecule has 0 atom stereocenters. The normalized spacial score (nSPS) is 15.7. The minimum atomic E-state index is -4.49. The monoisotopic (exact) mass is 364 g/mol. The first-order chi connectivity index (χ1) is 12.4. The van der Waals surface area contributed by atoms with Crippen molar-refractivity contribution in [3.05, 3.63) is 30.2 Å². The maximum Gasteiger partial charge on any atom is 0.433 e. The topological polar surface area (TPSA) is 86.7 Å². The van der Waals surface area contributed by atoms with Gasteiger partial charge in [0.15, 0.2) is 11.5 Å². The molecule has 4 heterocycles. The molecule has 26 heavy (non-hydrogen) atoms. The summed E-state index contributed by atoms with van der Waals surface area (Å²) >= 11 is 0. The number of piperazine rings is 1. The highest BCUT2D eigenvalue weighted by Gasteiger charge is 2.34. The second kappa shape index (κ2) is 6.07. The van der Waals surface area contributed by atoms with E-state index in [4.69, 9.17) is 0 Å². The third kappa shape index (κ3) is 3.00. The predicted molar refractivity (Wildman–Crippen MR) is 87.9 cm³/mol. The van der Waals surface area contributed by atoms with Crippen molar-refractivity contribution in [3.63, 3.8) is 0 Å². The van der Waals surface area contributed by atoms with Gasteiger partial charge in [0.1, 0.15) is 29.2 Å². The number of fused-ring (bicyclic) bond motifs is 1. The molecule has 0 aromatic carbocycles. The molecule has 8 nitrogen and oxygen atoms in total. The van der Waals surface area contributed by atoms with Gasteiger partial charge in [-0.25, -0.2) is 24.9 Å². The average Bonchev–Trinajstić information content (AvgIpc) is 3.09. The van der Waals surface area contributed by atoms with Crippen LogP contribution in [0.3, 0.4) is 0 Å².